The highest BCUT2D eigenvalue weighted by atomic mass is 16.1. The van der Waals surface area contributed by atoms with E-state index in [1.807, 2.05) is 18.2 Å². The van der Waals surface area contributed by atoms with E-state index in [-0.39, 0.29) is 0 Å². The van der Waals surface area contributed by atoms with Gasteiger partial charge in [0.05, 0.1) is 0 Å². The Bertz CT molecular complexity index is 1080. The molecular weight excluding hydrogens is 312 g/mol. The predicted molar refractivity (Wildman–Crippen MR) is 99.2 cm³/mol. The zero-order chi connectivity index (χ0) is 17.6. The molecule has 0 atom stereocenters. The molecule has 25 heavy (non-hydrogen) atoms. The second-order valence-corrected chi connectivity index (χ2v) is 6.14. The first-order chi connectivity index (χ1) is 12.1. The average molecular weight is 328 g/mol. The number of rotatable bonds is 3. The lowest BCUT2D eigenvalue weighted by atomic mass is 9.86. The molecule has 3 aromatic carbocycles. The monoisotopic (exact) mass is 328 g/mol. The molecule has 4 rings (SSSR count). The van der Waals surface area contributed by atoms with Crippen molar-refractivity contribution in [3.63, 3.8) is 0 Å². The van der Waals surface area contributed by atoms with Crippen LogP contribution in [0.4, 0.5) is 0 Å². The molecule has 1 aliphatic rings. The van der Waals surface area contributed by atoms with Gasteiger partial charge in [0.2, 0.25) is 11.8 Å². The van der Waals surface area contributed by atoms with Crippen LogP contribution in [0.25, 0.3) is 28.0 Å². The Balaban J connectivity index is 2.08. The van der Waals surface area contributed by atoms with Gasteiger partial charge in [-0.1, -0.05) is 42.5 Å². The van der Waals surface area contributed by atoms with Crippen LogP contribution in [-0.2, 0) is 6.42 Å². The van der Waals surface area contributed by atoms with Gasteiger partial charge in [-0.05, 0) is 57.6 Å². The molecule has 0 fully saturated rings. The van der Waals surface area contributed by atoms with Gasteiger partial charge in [-0.3, -0.25) is 9.59 Å². The molecule has 2 amide bonds. The predicted octanol–water partition coefficient (Wildman–Crippen LogP) is 3.27. The summed E-state index contributed by atoms with van der Waals surface area (Å²) >= 11 is 0. The van der Waals surface area contributed by atoms with Crippen LogP contribution in [-0.4, -0.2) is 11.8 Å². The molecule has 0 unspecified atom stereocenters. The third-order valence-corrected chi connectivity index (χ3v) is 4.65. The normalized spacial score (nSPS) is 12.3. The van der Waals surface area contributed by atoms with Gasteiger partial charge < -0.3 is 11.5 Å². The van der Waals surface area contributed by atoms with Gasteiger partial charge in [0.15, 0.2) is 0 Å². The number of primary amides is 2. The molecule has 122 valence electrons. The van der Waals surface area contributed by atoms with Crippen LogP contribution in [0.5, 0.6) is 0 Å². The van der Waals surface area contributed by atoms with E-state index in [0.717, 1.165) is 22.9 Å². The van der Waals surface area contributed by atoms with Gasteiger partial charge in [-0.25, -0.2) is 0 Å². The summed E-state index contributed by atoms with van der Waals surface area (Å²) in [5, 5.41) is 2.31. The number of allylic oxidation sites excluding steroid dienone is 1. The lowest BCUT2D eigenvalue weighted by Crippen LogP contribution is -2.15. The molecule has 4 nitrogen and oxygen atoms in total. The highest BCUT2D eigenvalue weighted by Gasteiger charge is 2.18. The van der Waals surface area contributed by atoms with Crippen LogP contribution in [0, 0.1) is 0 Å². The lowest BCUT2D eigenvalue weighted by molar-refractivity contribution is 0.0989. The number of hydrogen-bond acceptors (Lipinski definition) is 2. The number of nitrogens with two attached hydrogens (primary N) is 2. The van der Waals surface area contributed by atoms with E-state index in [1.54, 1.807) is 12.1 Å². The van der Waals surface area contributed by atoms with E-state index in [4.69, 9.17) is 11.5 Å². The Morgan fingerprint density at radius 1 is 0.880 bits per heavy atom. The Labute approximate surface area is 144 Å². The summed E-state index contributed by atoms with van der Waals surface area (Å²) in [6, 6.07) is 14.9. The molecule has 0 aromatic heterocycles. The van der Waals surface area contributed by atoms with Crippen molar-refractivity contribution >= 4 is 28.7 Å². The van der Waals surface area contributed by atoms with Crippen molar-refractivity contribution in [1.82, 2.24) is 0 Å². The smallest absolute Gasteiger partial charge is 0.249 e. The first kappa shape index (κ1) is 15.1. The highest BCUT2D eigenvalue weighted by molar-refractivity contribution is 6.07. The van der Waals surface area contributed by atoms with Gasteiger partial charge in [0, 0.05) is 11.1 Å². The van der Waals surface area contributed by atoms with E-state index >= 15 is 0 Å². The molecule has 3 aromatic rings. The third kappa shape index (κ3) is 2.39. The van der Waals surface area contributed by atoms with Crippen molar-refractivity contribution in [2.24, 2.45) is 11.5 Å². The van der Waals surface area contributed by atoms with Crippen molar-refractivity contribution in [3.05, 3.63) is 76.9 Å². The maximum absolute atomic E-state index is 11.9. The quantitative estimate of drug-likeness (QED) is 0.773. The van der Waals surface area contributed by atoms with Gasteiger partial charge in [-0.2, -0.15) is 0 Å². The number of carbonyl (C=O) groups excluding carboxylic acids is 2. The molecule has 4 heteroatoms. The largest absolute Gasteiger partial charge is 0.366 e. The van der Waals surface area contributed by atoms with Crippen LogP contribution in [0.3, 0.4) is 0 Å². The summed E-state index contributed by atoms with van der Waals surface area (Å²) in [4.78, 5) is 23.5. The molecule has 0 bridgehead atoms. The number of hydrogen-bond donors (Lipinski definition) is 2. The second kappa shape index (κ2) is 5.60. The Hall–Kier alpha value is -3.40. The molecule has 0 radical (unpaired) electrons. The highest BCUT2D eigenvalue weighted by Crippen LogP contribution is 2.37. The third-order valence-electron chi connectivity index (χ3n) is 4.65. The lowest BCUT2D eigenvalue weighted by Gasteiger charge is -2.18. The molecule has 0 saturated heterocycles. The summed E-state index contributed by atoms with van der Waals surface area (Å²) in [5.41, 5.74) is 15.5. The van der Waals surface area contributed by atoms with Crippen LogP contribution in [0.1, 0.15) is 31.8 Å². The summed E-state index contributed by atoms with van der Waals surface area (Å²) in [6.07, 6.45) is 5.03. The van der Waals surface area contributed by atoms with Crippen LogP contribution in [0.2, 0.25) is 0 Å². The van der Waals surface area contributed by atoms with Crippen molar-refractivity contribution < 1.29 is 9.59 Å². The van der Waals surface area contributed by atoms with Crippen LogP contribution in [0.15, 0.2) is 54.6 Å². The van der Waals surface area contributed by atoms with Gasteiger partial charge in [-0.15, -0.1) is 0 Å². The van der Waals surface area contributed by atoms with Crippen LogP contribution < -0.4 is 11.5 Å². The topological polar surface area (TPSA) is 86.2 Å². The standard InChI is InChI=1S/C21H16N2O2/c22-20(24)14-8-10-17(21(23)25)18(11-14)15-9-7-13-4-1-3-12-5-2-6-16(15)19(12)13/h1-4,6-11H,5H2,(H2,22,24)(H2,23,25). The maximum Gasteiger partial charge on any atom is 0.249 e. The average Bonchev–Trinajstić information content (AvgIpc) is 2.62. The molecule has 0 aliphatic heterocycles. The van der Waals surface area contributed by atoms with Gasteiger partial charge in [0.25, 0.3) is 0 Å². The maximum atomic E-state index is 11.9. The molecule has 0 spiro atoms. The molecule has 0 saturated carbocycles. The number of carbonyl (C=O) groups is 2. The van der Waals surface area contributed by atoms with Crippen molar-refractivity contribution in [2.75, 3.05) is 0 Å². The summed E-state index contributed by atoms with van der Waals surface area (Å²) in [6.45, 7) is 0. The minimum absolute atomic E-state index is 0.348. The number of benzene rings is 3. The zero-order valence-corrected chi connectivity index (χ0v) is 13.5. The van der Waals surface area contributed by atoms with E-state index in [9.17, 15) is 9.59 Å². The minimum atomic E-state index is -0.539. The van der Waals surface area contributed by atoms with E-state index in [1.165, 1.54) is 17.0 Å². The Morgan fingerprint density at radius 2 is 1.72 bits per heavy atom. The number of amides is 2. The van der Waals surface area contributed by atoms with E-state index in [0.29, 0.717) is 16.7 Å². The van der Waals surface area contributed by atoms with E-state index < -0.39 is 11.8 Å². The fourth-order valence-corrected chi connectivity index (χ4v) is 3.50. The molecule has 0 heterocycles. The fourth-order valence-electron chi connectivity index (χ4n) is 3.50. The van der Waals surface area contributed by atoms with E-state index in [2.05, 4.69) is 24.3 Å². The summed E-state index contributed by atoms with van der Waals surface area (Å²) in [5.74, 6) is -1.07. The van der Waals surface area contributed by atoms with Crippen molar-refractivity contribution in [3.8, 4) is 11.1 Å². The Kier molecular flexibility index (Phi) is 3.39. The second-order valence-electron chi connectivity index (χ2n) is 6.14. The first-order valence-corrected chi connectivity index (χ1v) is 8.01. The Morgan fingerprint density at radius 3 is 2.48 bits per heavy atom. The molecule has 1 aliphatic carbocycles. The molecule has 4 N–H and O–H groups in total. The van der Waals surface area contributed by atoms with Crippen molar-refractivity contribution in [1.29, 1.82) is 0 Å². The molecular formula is C21H16N2O2. The van der Waals surface area contributed by atoms with Gasteiger partial charge >= 0.3 is 0 Å². The minimum Gasteiger partial charge on any atom is -0.366 e. The van der Waals surface area contributed by atoms with Gasteiger partial charge in [0.1, 0.15) is 0 Å². The summed E-state index contributed by atoms with van der Waals surface area (Å²) < 4.78 is 0. The SMILES string of the molecule is NC(=O)c1ccc(C(N)=O)c(-c2ccc3cccc4c3c2C=CC4)c1. The summed E-state index contributed by atoms with van der Waals surface area (Å²) in [7, 11) is 0. The fraction of sp³-hybridized carbons (Fsp3) is 0.0476. The zero-order valence-electron chi connectivity index (χ0n) is 13.5. The van der Waals surface area contributed by atoms with Crippen LogP contribution >= 0.6 is 0 Å². The van der Waals surface area contributed by atoms with Crippen molar-refractivity contribution in [2.45, 2.75) is 6.42 Å². The first-order valence-electron chi connectivity index (χ1n) is 8.01.